The molecular formula is C10H9N3O. The summed E-state index contributed by atoms with van der Waals surface area (Å²) in [5, 5.41) is 8.64. The highest BCUT2D eigenvalue weighted by Gasteiger charge is 2.10. The molecule has 1 aromatic rings. The molecule has 0 aliphatic heterocycles. The summed E-state index contributed by atoms with van der Waals surface area (Å²) in [5.74, 6) is -0.811. The van der Waals surface area contributed by atoms with Crippen LogP contribution < -0.4 is 11.5 Å². The van der Waals surface area contributed by atoms with E-state index in [1.165, 1.54) is 0 Å². The maximum absolute atomic E-state index is 10.8. The van der Waals surface area contributed by atoms with E-state index in [0.29, 0.717) is 5.56 Å². The number of nitrogens with zero attached hydrogens (tertiary/aromatic N) is 1. The summed E-state index contributed by atoms with van der Waals surface area (Å²) >= 11 is 0. The third-order valence-corrected chi connectivity index (χ3v) is 1.71. The molecule has 0 radical (unpaired) electrons. The second-order valence-corrected chi connectivity index (χ2v) is 2.63. The van der Waals surface area contributed by atoms with Gasteiger partial charge in [-0.25, -0.2) is 0 Å². The first kappa shape index (κ1) is 9.81. The molecule has 1 rings (SSSR count). The molecule has 1 aromatic carbocycles. The number of amides is 1. The normalized spacial score (nSPS) is 11.4. The van der Waals surface area contributed by atoms with Gasteiger partial charge in [-0.1, -0.05) is 30.3 Å². The van der Waals surface area contributed by atoms with E-state index in [2.05, 4.69) is 0 Å². The predicted octanol–water partition coefficient (Wildman–Crippen LogP) is 0.365. The largest absolute Gasteiger partial charge is 0.397 e. The quantitative estimate of drug-likeness (QED) is 0.517. The molecule has 14 heavy (non-hydrogen) atoms. The van der Waals surface area contributed by atoms with Gasteiger partial charge in [-0.15, -0.1) is 0 Å². The minimum absolute atomic E-state index is 0.112. The highest BCUT2D eigenvalue weighted by Crippen LogP contribution is 2.11. The lowest BCUT2D eigenvalue weighted by molar-refractivity contribution is -0.114. The average Bonchev–Trinajstić information content (AvgIpc) is 2.19. The standard InChI is InChI=1S/C10H9N3O/c11-6-8(10(13)14)9(12)7-4-2-1-3-5-7/h1-5H,12H2,(H2,13,14)/b9-8+. The average molecular weight is 187 g/mol. The van der Waals surface area contributed by atoms with Crippen LogP contribution in [0.5, 0.6) is 0 Å². The fourth-order valence-corrected chi connectivity index (χ4v) is 1.01. The Bertz CT molecular complexity index is 415. The summed E-state index contributed by atoms with van der Waals surface area (Å²) in [6, 6.07) is 10.4. The van der Waals surface area contributed by atoms with E-state index in [1.54, 1.807) is 30.3 Å². The van der Waals surface area contributed by atoms with E-state index in [4.69, 9.17) is 16.7 Å². The number of benzene rings is 1. The van der Waals surface area contributed by atoms with Gasteiger partial charge in [0, 0.05) is 0 Å². The van der Waals surface area contributed by atoms with Crippen LogP contribution in [0.4, 0.5) is 0 Å². The minimum Gasteiger partial charge on any atom is -0.397 e. The third kappa shape index (κ3) is 1.90. The van der Waals surface area contributed by atoms with Gasteiger partial charge in [0.2, 0.25) is 0 Å². The van der Waals surface area contributed by atoms with Crippen LogP contribution in [0.15, 0.2) is 35.9 Å². The van der Waals surface area contributed by atoms with Gasteiger partial charge in [-0.3, -0.25) is 4.79 Å². The first-order valence-corrected chi connectivity index (χ1v) is 3.92. The Kier molecular flexibility index (Phi) is 2.87. The molecular weight excluding hydrogens is 178 g/mol. The maximum atomic E-state index is 10.8. The number of primary amides is 1. The number of carbonyl (C=O) groups excluding carboxylic acids is 1. The number of nitriles is 1. The molecule has 0 bridgehead atoms. The second-order valence-electron chi connectivity index (χ2n) is 2.63. The highest BCUT2D eigenvalue weighted by molar-refractivity contribution is 6.03. The zero-order valence-electron chi connectivity index (χ0n) is 7.40. The maximum Gasteiger partial charge on any atom is 0.261 e. The molecule has 0 atom stereocenters. The van der Waals surface area contributed by atoms with Crippen LogP contribution in [0.3, 0.4) is 0 Å². The van der Waals surface area contributed by atoms with Crippen LogP contribution in [-0.2, 0) is 4.79 Å². The minimum atomic E-state index is -0.811. The predicted molar refractivity (Wildman–Crippen MR) is 52.4 cm³/mol. The number of nitrogens with two attached hydrogens (primary N) is 2. The Morgan fingerprint density at radius 2 is 1.79 bits per heavy atom. The molecule has 0 unspecified atom stereocenters. The van der Waals surface area contributed by atoms with Crippen molar-refractivity contribution in [3.05, 3.63) is 41.5 Å². The summed E-state index contributed by atoms with van der Waals surface area (Å²) < 4.78 is 0. The fraction of sp³-hybridized carbons (Fsp3) is 0. The van der Waals surface area contributed by atoms with E-state index >= 15 is 0 Å². The van der Waals surface area contributed by atoms with Gasteiger partial charge in [0.05, 0.1) is 5.70 Å². The zero-order chi connectivity index (χ0) is 10.6. The lowest BCUT2D eigenvalue weighted by Crippen LogP contribution is -2.17. The van der Waals surface area contributed by atoms with Gasteiger partial charge in [0.15, 0.2) is 0 Å². The summed E-state index contributed by atoms with van der Waals surface area (Å²) in [4.78, 5) is 10.8. The van der Waals surface area contributed by atoms with Gasteiger partial charge in [0.1, 0.15) is 11.6 Å². The summed E-state index contributed by atoms with van der Waals surface area (Å²) in [7, 11) is 0. The molecule has 0 saturated heterocycles. The van der Waals surface area contributed by atoms with Crippen molar-refractivity contribution in [2.75, 3.05) is 0 Å². The van der Waals surface area contributed by atoms with E-state index in [9.17, 15) is 4.79 Å². The van der Waals surface area contributed by atoms with Crippen molar-refractivity contribution in [2.24, 2.45) is 11.5 Å². The molecule has 0 aromatic heterocycles. The molecule has 0 aliphatic carbocycles. The van der Waals surface area contributed by atoms with Gasteiger partial charge in [-0.2, -0.15) is 5.26 Å². The fourth-order valence-electron chi connectivity index (χ4n) is 1.01. The lowest BCUT2D eigenvalue weighted by Gasteiger charge is -2.02. The molecule has 0 fully saturated rings. The van der Waals surface area contributed by atoms with Crippen LogP contribution in [0, 0.1) is 11.3 Å². The smallest absolute Gasteiger partial charge is 0.261 e. The van der Waals surface area contributed by atoms with Gasteiger partial charge >= 0.3 is 0 Å². The van der Waals surface area contributed by atoms with E-state index in [0.717, 1.165) is 0 Å². The van der Waals surface area contributed by atoms with Crippen LogP contribution in [-0.4, -0.2) is 5.91 Å². The summed E-state index contributed by atoms with van der Waals surface area (Å²) in [6.07, 6.45) is 0. The van der Waals surface area contributed by atoms with Crippen molar-refractivity contribution in [3.63, 3.8) is 0 Å². The summed E-state index contributed by atoms with van der Waals surface area (Å²) in [6.45, 7) is 0. The van der Waals surface area contributed by atoms with E-state index in [1.807, 2.05) is 6.07 Å². The van der Waals surface area contributed by atoms with Crippen molar-refractivity contribution in [2.45, 2.75) is 0 Å². The first-order valence-electron chi connectivity index (χ1n) is 3.92. The lowest BCUT2D eigenvalue weighted by atomic mass is 10.1. The van der Waals surface area contributed by atoms with Crippen LogP contribution in [0.25, 0.3) is 5.70 Å². The van der Waals surface area contributed by atoms with Crippen molar-refractivity contribution >= 4 is 11.6 Å². The Morgan fingerprint density at radius 3 is 2.21 bits per heavy atom. The van der Waals surface area contributed by atoms with E-state index in [-0.39, 0.29) is 11.3 Å². The monoisotopic (exact) mass is 187 g/mol. The van der Waals surface area contributed by atoms with Crippen LogP contribution in [0.2, 0.25) is 0 Å². The number of hydrogen-bond acceptors (Lipinski definition) is 3. The number of hydrogen-bond donors (Lipinski definition) is 2. The molecule has 0 saturated carbocycles. The van der Waals surface area contributed by atoms with Gasteiger partial charge in [0.25, 0.3) is 5.91 Å². The van der Waals surface area contributed by atoms with Crippen molar-refractivity contribution in [1.82, 2.24) is 0 Å². The third-order valence-electron chi connectivity index (χ3n) is 1.71. The Balaban J connectivity index is 3.23. The molecule has 0 heterocycles. The molecule has 4 heteroatoms. The molecule has 4 nitrogen and oxygen atoms in total. The van der Waals surface area contributed by atoms with Crippen LogP contribution in [0.1, 0.15) is 5.56 Å². The summed E-state index contributed by atoms with van der Waals surface area (Å²) in [5.41, 5.74) is 11.1. The highest BCUT2D eigenvalue weighted by atomic mass is 16.1. The first-order chi connectivity index (χ1) is 6.66. The Hall–Kier alpha value is -2.28. The second kappa shape index (κ2) is 4.10. The zero-order valence-corrected chi connectivity index (χ0v) is 7.40. The van der Waals surface area contributed by atoms with E-state index < -0.39 is 5.91 Å². The van der Waals surface area contributed by atoms with Gasteiger partial charge < -0.3 is 11.5 Å². The Labute approximate surface area is 81.4 Å². The molecule has 70 valence electrons. The molecule has 0 spiro atoms. The molecule has 1 amide bonds. The van der Waals surface area contributed by atoms with Crippen LogP contribution >= 0.6 is 0 Å². The Morgan fingerprint density at radius 1 is 1.21 bits per heavy atom. The SMILES string of the molecule is N#C/C(C(N)=O)=C(\N)c1ccccc1. The van der Waals surface area contributed by atoms with Crippen molar-refractivity contribution in [1.29, 1.82) is 5.26 Å². The van der Waals surface area contributed by atoms with Crippen molar-refractivity contribution in [3.8, 4) is 6.07 Å². The topological polar surface area (TPSA) is 92.9 Å². The molecule has 4 N–H and O–H groups in total. The van der Waals surface area contributed by atoms with Crippen molar-refractivity contribution < 1.29 is 4.79 Å². The number of carbonyl (C=O) groups is 1. The van der Waals surface area contributed by atoms with Gasteiger partial charge in [-0.05, 0) is 5.56 Å². The number of rotatable bonds is 2. The molecule has 0 aliphatic rings.